The Kier molecular flexibility index (Phi) is 26.4. The van der Waals surface area contributed by atoms with Crippen LogP contribution in [-0.4, -0.2) is 172 Å². The van der Waals surface area contributed by atoms with Crippen molar-refractivity contribution in [3.63, 3.8) is 0 Å². The van der Waals surface area contributed by atoms with Crippen molar-refractivity contribution in [2.24, 2.45) is 47.2 Å². The van der Waals surface area contributed by atoms with Gasteiger partial charge in [-0.1, -0.05) is 85.2 Å². The number of hydrogen-bond acceptors (Lipinski definition) is 21. The molecular weight excluding hydrogens is 1390 g/mol. The van der Waals surface area contributed by atoms with Gasteiger partial charge in [0, 0.05) is 160 Å². The van der Waals surface area contributed by atoms with E-state index in [2.05, 4.69) is 40.3 Å². The van der Waals surface area contributed by atoms with E-state index in [9.17, 15) is 63.6 Å². The third kappa shape index (κ3) is 18.3. The number of anilines is 3. The highest BCUT2D eigenvalue weighted by atomic mass is 16.7. The number of unbranched alkanes of at least 4 members (excludes halogenated alkanes) is 2. The molecule has 28 heteroatoms. The number of aliphatic hydroxyl groups excluding tert-OH is 3. The van der Waals surface area contributed by atoms with E-state index in [1.165, 1.54) is 64.2 Å². The highest BCUT2D eigenvalue weighted by molar-refractivity contribution is 6.17. The number of nitrogens with one attached hydrogen (secondary N) is 4. The Morgan fingerprint density at radius 3 is 2.21 bits per heavy atom. The molecule has 108 heavy (non-hydrogen) atoms. The van der Waals surface area contributed by atoms with E-state index in [1.807, 2.05) is 26.0 Å². The van der Waals surface area contributed by atoms with Crippen LogP contribution in [-0.2, 0) is 54.3 Å². The average molecular weight is 1500 g/mol. The number of phenols is 1. The Morgan fingerprint density at radius 1 is 0.880 bits per heavy atom. The number of urea groups is 1. The number of nitrogens with two attached hydrogens (primary N) is 1. The van der Waals surface area contributed by atoms with Gasteiger partial charge in [0.05, 0.1) is 61.4 Å². The largest absolute Gasteiger partial charge is 0.507 e. The maximum absolute atomic E-state index is 15.2. The summed E-state index contributed by atoms with van der Waals surface area (Å²) in [4.78, 5) is 142. The van der Waals surface area contributed by atoms with E-state index in [0.717, 1.165) is 5.56 Å². The van der Waals surface area contributed by atoms with Crippen LogP contribution in [0, 0.1) is 48.3 Å². The van der Waals surface area contributed by atoms with Crippen LogP contribution in [0.25, 0.3) is 38.7 Å². The lowest BCUT2D eigenvalue weighted by molar-refractivity contribution is -0.928. The molecule has 584 valence electrons. The lowest BCUT2D eigenvalue weighted by Gasteiger charge is -2.43. The SMILES string of the molecule is CO[C@H]1/C=C/O[C@@]2(C)Oc3c(C)c(O)c4c(=O)c(c5oc6cc(N7CCC([N+](C)(C)Cc8ccc(NC(=O)[C@H](CCCNC(N)=O)CC(=O)[C@@H](NC(=O)CCCCCN9C(=O)CC(C)C9=O)C(C)C)cc8)CC7)cc(=O)c6nc5c4c3=C2O)NC(=O)/C(C)=C\C=C\[C@H](C)[C@H](O)[C@@H](C)[C@@H](O)[C@@H](C)[C@H](OC(C)=O)[C@@H]1C. The van der Waals surface area contributed by atoms with Crippen LogP contribution in [0.2, 0.25) is 0 Å². The number of benzene rings is 4. The smallest absolute Gasteiger partial charge is 0.312 e. The van der Waals surface area contributed by atoms with E-state index in [0.29, 0.717) is 80.6 Å². The fourth-order valence-electron chi connectivity index (χ4n) is 15.4. The third-order valence-electron chi connectivity index (χ3n) is 22.0. The molecule has 4 aromatic carbocycles. The predicted molar refractivity (Wildman–Crippen MR) is 407 cm³/mol. The number of amides is 7. The average Bonchev–Trinajstić information content (AvgIpc) is 1.50. The number of quaternary nitrogens is 1. The van der Waals surface area contributed by atoms with Gasteiger partial charge in [0.15, 0.2) is 28.2 Å². The number of fused-ring (bicyclic) bond motifs is 2. The molecule has 2 fully saturated rings. The van der Waals surface area contributed by atoms with Crippen molar-refractivity contribution < 1.29 is 86.6 Å². The highest BCUT2D eigenvalue weighted by Crippen LogP contribution is 2.43. The molecule has 1 unspecified atom stereocenters. The van der Waals surface area contributed by atoms with Crippen LogP contribution in [0.4, 0.5) is 21.9 Å². The number of primary amides is 1. The van der Waals surface area contributed by atoms with E-state index >= 15 is 4.79 Å². The summed E-state index contributed by atoms with van der Waals surface area (Å²) in [5.41, 5.74) is 4.79. The van der Waals surface area contributed by atoms with E-state index < -0.39 is 118 Å². The number of nitrogens with zero attached hydrogens (tertiary/aromatic N) is 4. The number of esters is 1. The standard InChI is InChI=1S/C80H105N9O19/c1-41(2)64(84-59(93)23-16-15-17-32-88-60(94)36-44(5)78(88)102)55(91)37-51(22-19-31-82-79(81)103)77(101)83-52-26-24-50(25-27-52)40-89(12,13)54-28-33-87(34-29-54)53-38-56(92)65-58(39-53)107-74-66(85-65)61-62-70(97)48(9)73-63(61)75(99)80(11,108-73)105-35-30-57(104-14)45(6)72(106-49(10)90)47(8)69(96)46(7)68(95)42(3)20-18-21-43(4)76(100)86-67(74)71(62)98/h18,20-21,24-27,30,35,38-39,41-42,44-47,51,54,57,64,68-69,72,95-96H,15-17,19,22-23,28-29,31-34,36-37,40H2,1-14H3,(H7-,81,82,83,84,85,86,92,93,97,98,99,100,101,103)/p+1/b20-18+,35-30+,43-21-/t42-,44?,45+,46+,47+,51+,57-,64-,68-,69+,72+,80-/m0/s1. The molecule has 10 N–H and O–H groups in total. The molecule has 2 saturated heterocycles. The van der Waals surface area contributed by atoms with Gasteiger partial charge in [-0.3, -0.25) is 48.1 Å². The number of piperidine rings is 1. The molecule has 9 rings (SSSR count). The number of ether oxygens (including phenoxy) is 4. The summed E-state index contributed by atoms with van der Waals surface area (Å²) in [5, 5.41) is 58.3. The molecule has 1 aromatic heterocycles. The van der Waals surface area contributed by atoms with Crippen LogP contribution < -0.4 is 52.7 Å². The van der Waals surface area contributed by atoms with Gasteiger partial charge in [0.25, 0.3) is 5.91 Å². The van der Waals surface area contributed by atoms with Crippen molar-refractivity contribution in [3.05, 3.63) is 109 Å². The van der Waals surface area contributed by atoms with Crippen molar-refractivity contribution in [3.8, 4) is 11.5 Å². The molecule has 28 nitrogen and oxygen atoms in total. The molecule has 12 atom stereocenters. The molecule has 4 bridgehead atoms. The van der Waals surface area contributed by atoms with Crippen LogP contribution >= 0.6 is 0 Å². The first-order valence-corrected chi connectivity index (χ1v) is 37.3. The van der Waals surface area contributed by atoms with Crippen molar-refractivity contribution in [2.45, 2.75) is 189 Å². The van der Waals surface area contributed by atoms with Crippen molar-refractivity contribution in [1.82, 2.24) is 20.5 Å². The number of ketones is 1. The fourth-order valence-corrected chi connectivity index (χ4v) is 15.4. The predicted octanol–water partition coefficient (Wildman–Crippen LogP) is 7.86. The molecule has 0 spiro atoms. The maximum atomic E-state index is 15.2. The minimum atomic E-state index is -2.05. The Hall–Kier alpha value is -9.77. The van der Waals surface area contributed by atoms with Crippen molar-refractivity contribution >= 4 is 103 Å². The second-order valence-corrected chi connectivity index (χ2v) is 30.8. The van der Waals surface area contributed by atoms with E-state index in [1.54, 1.807) is 65.0 Å². The number of methoxy groups -OCH3 is 1. The zero-order valence-corrected chi connectivity index (χ0v) is 64.2. The minimum Gasteiger partial charge on any atom is -0.507 e. The molecule has 0 saturated carbocycles. The summed E-state index contributed by atoms with van der Waals surface area (Å²) in [6.07, 6.45) is 7.07. The second kappa shape index (κ2) is 34.6. The number of Topliss-reactive ketones (excluding diaryl/α,β-unsaturated/α-hetero) is 1. The van der Waals surface area contributed by atoms with Gasteiger partial charge in [0.1, 0.15) is 35.4 Å². The minimum absolute atomic E-state index is 0.0126. The van der Waals surface area contributed by atoms with Crippen LogP contribution in [0.3, 0.4) is 0 Å². The van der Waals surface area contributed by atoms with Crippen LogP contribution in [0.5, 0.6) is 11.5 Å². The van der Waals surface area contributed by atoms with Gasteiger partial charge in [-0.25, -0.2) is 9.78 Å². The molecule has 0 radical (unpaired) electrons. The molecule has 7 amide bonds. The highest BCUT2D eigenvalue weighted by Gasteiger charge is 2.45. The van der Waals surface area contributed by atoms with Gasteiger partial charge >= 0.3 is 17.8 Å². The number of aliphatic hydroxyl groups is 3. The number of imide groups is 1. The Balaban J connectivity index is 0.936. The van der Waals surface area contributed by atoms with Crippen LogP contribution in [0.1, 0.15) is 145 Å². The Bertz CT molecular complexity index is 4540. The quantitative estimate of drug-likeness (QED) is 0.00750. The van der Waals surface area contributed by atoms with Gasteiger partial charge < -0.3 is 80.2 Å². The topological polar surface area (TPSA) is 395 Å². The van der Waals surface area contributed by atoms with E-state index in [4.69, 9.17) is 34.1 Å². The number of hydrogen-bond donors (Lipinski definition) is 9. The van der Waals surface area contributed by atoms with Gasteiger partial charge in [-0.15, -0.1) is 0 Å². The number of carbonyl (C=O) groups is 8. The summed E-state index contributed by atoms with van der Waals surface area (Å²) in [7, 11) is 5.70. The summed E-state index contributed by atoms with van der Waals surface area (Å²) < 4.78 is 31.5. The van der Waals surface area contributed by atoms with Crippen LogP contribution in [0.15, 0.2) is 86.5 Å². The second-order valence-electron chi connectivity index (χ2n) is 30.8. The lowest BCUT2D eigenvalue weighted by Crippen LogP contribution is -2.53. The summed E-state index contributed by atoms with van der Waals surface area (Å²) >= 11 is 0. The Morgan fingerprint density at radius 2 is 1.57 bits per heavy atom. The zero-order valence-electron chi connectivity index (χ0n) is 64.2. The maximum Gasteiger partial charge on any atom is 0.312 e. The van der Waals surface area contributed by atoms with Gasteiger partial charge in [0.2, 0.25) is 34.5 Å². The molecule has 5 heterocycles. The summed E-state index contributed by atoms with van der Waals surface area (Å²) in [6, 6.07) is 9.12. The molecule has 4 aliphatic heterocycles. The lowest BCUT2D eigenvalue weighted by atomic mass is 9.78. The first kappa shape index (κ1) is 82.3. The first-order valence-electron chi connectivity index (χ1n) is 37.3. The molecule has 4 aliphatic rings. The zero-order chi connectivity index (χ0) is 79.1. The van der Waals surface area contributed by atoms with E-state index in [-0.39, 0.29) is 129 Å². The van der Waals surface area contributed by atoms with Gasteiger partial charge in [-0.05, 0) is 63.7 Å². The number of aromatic hydroxyl groups is 1. The number of likely N-dealkylation sites (tertiary alicyclic amines) is 1. The van der Waals surface area contributed by atoms with Crippen molar-refractivity contribution in [2.75, 3.05) is 62.9 Å². The summed E-state index contributed by atoms with van der Waals surface area (Å²) in [6.45, 7) is 20.0. The molecule has 5 aromatic rings. The first-order chi connectivity index (χ1) is 51.0. The monoisotopic (exact) mass is 1500 g/mol. The normalized spacial score (nSPS) is 25.0. The number of aromatic nitrogens is 1. The van der Waals surface area contributed by atoms with Gasteiger partial charge in [-0.2, -0.15) is 0 Å². The number of phenolic OH excluding ortho intramolecular Hbond substituents is 1. The Labute approximate surface area is 627 Å². The van der Waals surface area contributed by atoms with Crippen molar-refractivity contribution in [1.29, 1.82) is 0 Å². The third-order valence-corrected chi connectivity index (χ3v) is 22.0. The number of carbonyl (C=O) groups excluding carboxylic acids is 8. The summed E-state index contributed by atoms with van der Waals surface area (Å²) in [5.74, 6) is -10.2. The fraction of sp³-hybridized carbons (Fsp3) is 0.537. The number of rotatable bonds is 23. The number of allylic oxidation sites excluding steroid dienone is 2. The molecular formula is C80H106N9O19+. The molecule has 0 aliphatic carbocycles.